The number of fused-ring (bicyclic) bond motifs is 6. The molecule has 8 atom stereocenters. The van der Waals surface area contributed by atoms with E-state index in [0.29, 0.717) is 0 Å². The molecule has 224 valence electrons. The lowest BCUT2D eigenvalue weighted by Gasteiger charge is -2.40. The molecular formula is C24H38O14S. The molecule has 0 N–H and O–H groups in total. The molecule has 0 radical (unpaired) electrons. The van der Waals surface area contributed by atoms with E-state index < -0.39 is 95.0 Å². The van der Waals surface area contributed by atoms with Crippen molar-refractivity contribution in [3.8, 4) is 0 Å². The van der Waals surface area contributed by atoms with E-state index in [0.717, 1.165) is 0 Å². The minimum Gasteiger partial charge on any atom is -0.343 e. The van der Waals surface area contributed by atoms with Crippen molar-refractivity contribution in [1.29, 1.82) is 0 Å². The average Bonchev–Trinajstić information content (AvgIpc) is 3.45. The lowest BCUT2D eigenvalue weighted by molar-refractivity contribution is -0.295. The van der Waals surface area contributed by atoms with Crippen LogP contribution in [0.15, 0.2) is 0 Å². The Kier molecular flexibility index (Phi) is 6.41. The number of ether oxygens (including phenoxy) is 10. The highest BCUT2D eigenvalue weighted by Gasteiger charge is 2.67. The van der Waals surface area contributed by atoms with Gasteiger partial charge in [-0.25, -0.2) is 8.37 Å². The molecule has 0 unspecified atom stereocenters. The summed E-state index contributed by atoms with van der Waals surface area (Å²) < 4.78 is 96.7. The van der Waals surface area contributed by atoms with Crippen LogP contribution in [0.1, 0.15) is 55.4 Å². The fraction of sp³-hybridized carbons (Fsp3) is 1.00. The molecule has 6 aliphatic rings. The van der Waals surface area contributed by atoms with Gasteiger partial charge < -0.3 is 47.4 Å². The first-order valence-electron chi connectivity index (χ1n) is 13.1. The molecule has 6 rings (SSSR count). The Bertz CT molecular complexity index is 1010. The van der Waals surface area contributed by atoms with E-state index in [2.05, 4.69) is 0 Å². The van der Waals surface area contributed by atoms with Gasteiger partial charge in [0.2, 0.25) is 11.6 Å². The van der Waals surface area contributed by atoms with Gasteiger partial charge in [-0.3, -0.25) is 0 Å². The van der Waals surface area contributed by atoms with Crippen LogP contribution in [0.4, 0.5) is 0 Å². The Labute approximate surface area is 228 Å². The molecule has 6 saturated heterocycles. The van der Waals surface area contributed by atoms with Crippen molar-refractivity contribution >= 4 is 10.4 Å². The molecule has 0 amide bonds. The normalized spacial score (nSPS) is 46.9. The predicted molar refractivity (Wildman–Crippen MR) is 126 cm³/mol. The van der Waals surface area contributed by atoms with E-state index in [9.17, 15) is 8.42 Å². The SMILES string of the molecule is CC1(C)O[C@@H]2[C@@H](CO[C@@]3(COS(=O)(=O)OC[C@@]45OC[C@H]6OC(C)(C)O[C@H]6[C@@H]4OC(C)(C)O5)OC(C)(C)O[C@@H]23)O1. The zero-order chi connectivity index (χ0) is 28.3. The first-order chi connectivity index (χ1) is 17.8. The van der Waals surface area contributed by atoms with E-state index in [1.807, 2.05) is 0 Å². The Morgan fingerprint density at radius 3 is 1.36 bits per heavy atom. The summed E-state index contributed by atoms with van der Waals surface area (Å²) in [6.45, 7) is 13.0. The first-order valence-corrected chi connectivity index (χ1v) is 14.5. The minimum absolute atomic E-state index is 0.0914. The molecular weight excluding hydrogens is 544 g/mol. The van der Waals surface area contributed by atoms with Gasteiger partial charge >= 0.3 is 10.4 Å². The second-order valence-corrected chi connectivity index (χ2v) is 13.8. The molecule has 0 aliphatic carbocycles. The lowest BCUT2D eigenvalue weighted by atomic mass is 9.98. The molecule has 39 heavy (non-hydrogen) atoms. The van der Waals surface area contributed by atoms with E-state index in [1.54, 1.807) is 55.4 Å². The minimum atomic E-state index is -4.61. The number of hydrogen-bond acceptors (Lipinski definition) is 14. The van der Waals surface area contributed by atoms with Crippen LogP contribution in [0.25, 0.3) is 0 Å². The summed E-state index contributed by atoms with van der Waals surface area (Å²) in [6, 6.07) is 0. The molecule has 0 bridgehead atoms. The van der Waals surface area contributed by atoms with Crippen LogP contribution >= 0.6 is 0 Å². The Hall–Kier alpha value is -0.530. The number of rotatable bonds is 6. The average molecular weight is 583 g/mol. The van der Waals surface area contributed by atoms with Crippen LogP contribution < -0.4 is 0 Å². The van der Waals surface area contributed by atoms with E-state index in [1.165, 1.54) is 0 Å². The smallest absolute Gasteiger partial charge is 0.343 e. The van der Waals surface area contributed by atoms with Crippen LogP contribution in [0.5, 0.6) is 0 Å². The molecule has 6 aliphatic heterocycles. The molecule has 0 saturated carbocycles. The van der Waals surface area contributed by atoms with Crippen molar-refractivity contribution in [2.24, 2.45) is 0 Å². The summed E-state index contributed by atoms with van der Waals surface area (Å²) in [5, 5.41) is 0. The van der Waals surface area contributed by atoms with Crippen molar-refractivity contribution in [3.63, 3.8) is 0 Å². The first kappa shape index (κ1) is 28.6. The van der Waals surface area contributed by atoms with Gasteiger partial charge in [0, 0.05) is 0 Å². The highest BCUT2D eigenvalue weighted by atomic mass is 32.3. The standard InChI is InChI=1S/C24H38O14S/c1-19(2)31-13-9-27-23(17(15(13)33-19)35-21(5,6)37-23)11-29-39(25,26)30-12-24-18(36-22(7,8)38-24)16-14(10-28-24)32-20(3,4)34-16/h13-18H,9-12H2,1-8H3/t13-,14-,15-,16-,17+,18+,23+,24+/m1/s1. The summed E-state index contributed by atoms with van der Waals surface area (Å²) >= 11 is 0. The van der Waals surface area contributed by atoms with E-state index in [-0.39, 0.29) is 13.2 Å². The van der Waals surface area contributed by atoms with Crippen molar-refractivity contribution < 1.29 is 64.2 Å². The van der Waals surface area contributed by atoms with Gasteiger partial charge in [-0.15, -0.1) is 0 Å². The van der Waals surface area contributed by atoms with E-state index in [4.69, 9.17) is 55.7 Å². The third kappa shape index (κ3) is 5.17. The van der Waals surface area contributed by atoms with Crippen LogP contribution in [0.2, 0.25) is 0 Å². The van der Waals surface area contributed by atoms with Crippen molar-refractivity contribution in [1.82, 2.24) is 0 Å². The molecule has 0 spiro atoms. The second-order valence-electron chi connectivity index (χ2n) is 12.5. The zero-order valence-corrected chi connectivity index (χ0v) is 24.2. The second kappa shape index (κ2) is 8.75. The Balaban J connectivity index is 1.15. The largest absolute Gasteiger partial charge is 0.400 e. The molecule has 0 aromatic carbocycles. The van der Waals surface area contributed by atoms with Gasteiger partial charge in [0.05, 0.1) is 13.2 Å². The summed E-state index contributed by atoms with van der Waals surface area (Å²) in [6.07, 6.45) is -3.59. The summed E-state index contributed by atoms with van der Waals surface area (Å²) in [4.78, 5) is 0. The van der Waals surface area contributed by atoms with Gasteiger partial charge in [0.1, 0.15) is 49.8 Å². The molecule has 6 fully saturated rings. The summed E-state index contributed by atoms with van der Waals surface area (Å²) in [5.74, 6) is -7.07. The maximum Gasteiger partial charge on any atom is 0.400 e. The Morgan fingerprint density at radius 2 is 0.974 bits per heavy atom. The highest BCUT2D eigenvalue weighted by molar-refractivity contribution is 7.81. The molecule has 0 aromatic heterocycles. The molecule has 6 heterocycles. The van der Waals surface area contributed by atoms with Gasteiger partial charge in [-0.2, -0.15) is 8.42 Å². The van der Waals surface area contributed by atoms with Crippen molar-refractivity contribution in [2.45, 2.75) is 127 Å². The fourth-order valence-electron chi connectivity index (χ4n) is 6.24. The van der Waals surface area contributed by atoms with Crippen LogP contribution in [-0.2, 0) is 66.1 Å². The van der Waals surface area contributed by atoms with Gasteiger partial charge in [0.25, 0.3) is 0 Å². The fourth-order valence-corrected chi connectivity index (χ4v) is 6.92. The monoisotopic (exact) mass is 582 g/mol. The van der Waals surface area contributed by atoms with Crippen molar-refractivity contribution in [3.05, 3.63) is 0 Å². The molecule has 0 aromatic rings. The van der Waals surface area contributed by atoms with Crippen molar-refractivity contribution in [2.75, 3.05) is 26.4 Å². The number of hydrogen-bond donors (Lipinski definition) is 0. The highest BCUT2D eigenvalue weighted by Crippen LogP contribution is 2.49. The zero-order valence-electron chi connectivity index (χ0n) is 23.4. The van der Waals surface area contributed by atoms with Gasteiger partial charge in [-0.05, 0) is 55.4 Å². The van der Waals surface area contributed by atoms with Crippen LogP contribution in [-0.4, -0.2) is 106 Å². The Morgan fingerprint density at radius 1 is 0.590 bits per heavy atom. The summed E-state index contributed by atoms with van der Waals surface area (Å²) in [5.41, 5.74) is 0. The third-order valence-corrected chi connectivity index (χ3v) is 8.17. The van der Waals surface area contributed by atoms with Crippen LogP contribution in [0.3, 0.4) is 0 Å². The van der Waals surface area contributed by atoms with Gasteiger partial charge in [0.15, 0.2) is 23.1 Å². The third-order valence-electron chi connectivity index (χ3n) is 7.36. The van der Waals surface area contributed by atoms with Gasteiger partial charge in [-0.1, -0.05) is 0 Å². The molecule has 15 heteroatoms. The van der Waals surface area contributed by atoms with E-state index >= 15 is 0 Å². The quantitative estimate of drug-likeness (QED) is 0.440. The van der Waals surface area contributed by atoms with Crippen LogP contribution in [0, 0.1) is 0 Å². The molecule has 14 nitrogen and oxygen atoms in total. The maximum atomic E-state index is 13.0. The predicted octanol–water partition coefficient (Wildman–Crippen LogP) is 1.06. The lowest BCUT2D eigenvalue weighted by Crippen LogP contribution is -2.61. The topological polar surface area (TPSA) is 145 Å². The summed E-state index contributed by atoms with van der Waals surface area (Å²) in [7, 11) is -4.61. The maximum absolute atomic E-state index is 13.0.